The fourth-order valence-corrected chi connectivity index (χ4v) is 2.34. The summed E-state index contributed by atoms with van der Waals surface area (Å²) in [4.78, 5) is 11.6. The van der Waals surface area contributed by atoms with Gasteiger partial charge in [0.05, 0.1) is 0 Å². The van der Waals surface area contributed by atoms with Gasteiger partial charge < -0.3 is 10.6 Å². The van der Waals surface area contributed by atoms with Crippen molar-refractivity contribution in [1.82, 2.24) is 10.6 Å². The number of carbonyl (C=O) groups excluding carboxylic acids is 1. The number of piperidine rings is 1. The summed E-state index contributed by atoms with van der Waals surface area (Å²) in [5, 5.41) is 6.43. The second-order valence-electron chi connectivity index (χ2n) is 5.11. The Morgan fingerprint density at radius 2 is 2.29 bits per heavy atom. The van der Waals surface area contributed by atoms with Crippen LogP contribution in [-0.2, 0) is 4.79 Å². The van der Waals surface area contributed by atoms with Crippen molar-refractivity contribution >= 4 is 18.3 Å². The van der Waals surface area contributed by atoms with Crippen LogP contribution in [0.5, 0.6) is 0 Å². The van der Waals surface area contributed by atoms with E-state index < -0.39 is 0 Å². The molecule has 0 bridgehead atoms. The van der Waals surface area contributed by atoms with Gasteiger partial charge in [0.25, 0.3) is 0 Å². The van der Waals surface area contributed by atoms with Crippen LogP contribution < -0.4 is 10.6 Å². The number of carbonyl (C=O) groups is 1. The predicted octanol–water partition coefficient (Wildman–Crippen LogP) is 2.35. The van der Waals surface area contributed by atoms with Gasteiger partial charge in [-0.05, 0) is 37.8 Å². The van der Waals surface area contributed by atoms with Crippen molar-refractivity contribution in [2.45, 2.75) is 46.0 Å². The van der Waals surface area contributed by atoms with Crippen LogP contribution in [0.25, 0.3) is 0 Å². The molecule has 2 unspecified atom stereocenters. The van der Waals surface area contributed by atoms with E-state index in [-0.39, 0.29) is 18.3 Å². The lowest BCUT2D eigenvalue weighted by Crippen LogP contribution is -2.38. The maximum absolute atomic E-state index is 11.6. The highest BCUT2D eigenvalue weighted by atomic mass is 35.5. The fourth-order valence-electron chi connectivity index (χ4n) is 2.34. The molecule has 2 N–H and O–H groups in total. The lowest BCUT2D eigenvalue weighted by Gasteiger charge is -2.23. The van der Waals surface area contributed by atoms with E-state index in [4.69, 9.17) is 0 Å². The second kappa shape index (κ2) is 9.72. The Labute approximate surface area is 112 Å². The highest BCUT2D eigenvalue weighted by Crippen LogP contribution is 2.11. The molecule has 1 aliphatic heterocycles. The van der Waals surface area contributed by atoms with Gasteiger partial charge in [-0.15, -0.1) is 12.4 Å². The molecule has 2 atom stereocenters. The quantitative estimate of drug-likeness (QED) is 0.772. The summed E-state index contributed by atoms with van der Waals surface area (Å²) in [6.07, 6.45) is 5.50. The number of rotatable bonds is 6. The van der Waals surface area contributed by atoms with Gasteiger partial charge in [0, 0.05) is 13.0 Å². The lowest BCUT2D eigenvalue weighted by atomic mass is 9.99. The van der Waals surface area contributed by atoms with Crippen molar-refractivity contribution in [3.8, 4) is 0 Å². The number of hydrogen-bond acceptors (Lipinski definition) is 2. The fraction of sp³-hybridized carbons (Fsp3) is 0.923. The Balaban J connectivity index is 0.00000256. The zero-order valence-electron chi connectivity index (χ0n) is 11.1. The summed E-state index contributed by atoms with van der Waals surface area (Å²) in [7, 11) is 0. The summed E-state index contributed by atoms with van der Waals surface area (Å²) >= 11 is 0. The second-order valence-corrected chi connectivity index (χ2v) is 5.11. The van der Waals surface area contributed by atoms with Gasteiger partial charge in [0.2, 0.25) is 5.91 Å². The highest BCUT2D eigenvalue weighted by molar-refractivity contribution is 5.85. The average Bonchev–Trinajstić information content (AvgIpc) is 2.28. The van der Waals surface area contributed by atoms with Gasteiger partial charge in [0.1, 0.15) is 0 Å². The first-order valence-electron chi connectivity index (χ1n) is 6.69. The van der Waals surface area contributed by atoms with E-state index in [1.807, 2.05) is 0 Å². The highest BCUT2D eigenvalue weighted by Gasteiger charge is 2.14. The first-order valence-corrected chi connectivity index (χ1v) is 6.69. The number of amides is 1. The Morgan fingerprint density at radius 3 is 2.88 bits per heavy atom. The molecule has 0 aromatic rings. The van der Waals surface area contributed by atoms with E-state index in [0.29, 0.717) is 18.3 Å². The third-order valence-electron chi connectivity index (χ3n) is 3.30. The Kier molecular flexibility index (Phi) is 9.56. The van der Waals surface area contributed by atoms with Crippen molar-refractivity contribution in [2.24, 2.45) is 11.8 Å². The zero-order chi connectivity index (χ0) is 11.8. The summed E-state index contributed by atoms with van der Waals surface area (Å²) in [6, 6.07) is 0. The SMILES string of the molecule is CCCC(C)CC(=O)NCC1CCCNC1.Cl. The molecule has 1 aliphatic rings. The van der Waals surface area contributed by atoms with Crippen LogP contribution in [0.3, 0.4) is 0 Å². The van der Waals surface area contributed by atoms with Crippen LogP contribution >= 0.6 is 12.4 Å². The first-order chi connectivity index (χ1) is 7.72. The van der Waals surface area contributed by atoms with Gasteiger partial charge in [-0.1, -0.05) is 26.7 Å². The molecule has 0 saturated carbocycles. The number of hydrogen-bond donors (Lipinski definition) is 2. The monoisotopic (exact) mass is 262 g/mol. The van der Waals surface area contributed by atoms with E-state index in [0.717, 1.165) is 26.1 Å². The van der Waals surface area contributed by atoms with Crippen molar-refractivity contribution < 1.29 is 4.79 Å². The third kappa shape index (κ3) is 7.61. The maximum Gasteiger partial charge on any atom is 0.220 e. The van der Waals surface area contributed by atoms with Crippen molar-refractivity contribution in [3.63, 3.8) is 0 Å². The molecule has 0 radical (unpaired) electrons. The topological polar surface area (TPSA) is 41.1 Å². The third-order valence-corrected chi connectivity index (χ3v) is 3.30. The molecule has 0 aromatic carbocycles. The summed E-state index contributed by atoms with van der Waals surface area (Å²) in [5.74, 6) is 1.39. The van der Waals surface area contributed by atoms with Gasteiger partial charge in [-0.25, -0.2) is 0 Å². The minimum Gasteiger partial charge on any atom is -0.356 e. The summed E-state index contributed by atoms with van der Waals surface area (Å²) in [6.45, 7) is 7.38. The molecule has 17 heavy (non-hydrogen) atoms. The van der Waals surface area contributed by atoms with Gasteiger partial charge >= 0.3 is 0 Å². The largest absolute Gasteiger partial charge is 0.356 e. The standard InChI is InChI=1S/C13H26N2O.ClH/c1-3-5-11(2)8-13(16)15-10-12-6-4-7-14-9-12;/h11-12,14H,3-10H2,1-2H3,(H,15,16);1H. The van der Waals surface area contributed by atoms with Crippen LogP contribution in [0.2, 0.25) is 0 Å². The van der Waals surface area contributed by atoms with Crippen molar-refractivity contribution in [3.05, 3.63) is 0 Å². The Morgan fingerprint density at radius 1 is 1.53 bits per heavy atom. The van der Waals surface area contributed by atoms with E-state index >= 15 is 0 Å². The molecule has 0 aromatic heterocycles. The molecule has 4 heteroatoms. The van der Waals surface area contributed by atoms with E-state index in [1.165, 1.54) is 19.3 Å². The van der Waals surface area contributed by atoms with Crippen molar-refractivity contribution in [2.75, 3.05) is 19.6 Å². The number of halogens is 1. The normalized spacial score (nSPS) is 21.4. The molecule has 0 spiro atoms. The molecule has 1 saturated heterocycles. The minimum absolute atomic E-state index is 0. The van der Waals surface area contributed by atoms with Crippen LogP contribution in [0, 0.1) is 11.8 Å². The Hall–Kier alpha value is -0.280. The average molecular weight is 263 g/mol. The maximum atomic E-state index is 11.6. The molecule has 1 amide bonds. The molecular formula is C13H27ClN2O. The zero-order valence-corrected chi connectivity index (χ0v) is 11.9. The predicted molar refractivity (Wildman–Crippen MR) is 74.5 cm³/mol. The Bertz CT molecular complexity index is 206. The van der Waals surface area contributed by atoms with Gasteiger partial charge in [0.15, 0.2) is 0 Å². The van der Waals surface area contributed by atoms with E-state index in [9.17, 15) is 4.79 Å². The molecule has 0 aliphatic carbocycles. The van der Waals surface area contributed by atoms with Gasteiger partial charge in [-0.2, -0.15) is 0 Å². The molecule has 1 heterocycles. The molecule has 3 nitrogen and oxygen atoms in total. The molecule has 1 fully saturated rings. The van der Waals surface area contributed by atoms with Crippen LogP contribution in [-0.4, -0.2) is 25.5 Å². The lowest BCUT2D eigenvalue weighted by molar-refractivity contribution is -0.122. The van der Waals surface area contributed by atoms with Crippen molar-refractivity contribution in [1.29, 1.82) is 0 Å². The smallest absolute Gasteiger partial charge is 0.220 e. The summed E-state index contributed by atoms with van der Waals surface area (Å²) < 4.78 is 0. The van der Waals surface area contributed by atoms with Crippen LogP contribution in [0.4, 0.5) is 0 Å². The molecule has 102 valence electrons. The minimum atomic E-state index is 0. The summed E-state index contributed by atoms with van der Waals surface area (Å²) in [5.41, 5.74) is 0. The van der Waals surface area contributed by atoms with Crippen LogP contribution in [0.15, 0.2) is 0 Å². The molecule has 1 rings (SSSR count). The van der Waals surface area contributed by atoms with Crippen LogP contribution in [0.1, 0.15) is 46.0 Å². The molecular weight excluding hydrogens is 236 g/mol. The first kappa shape index (κ1) is 16.7. The number of nitrogens with one attached hydrogen (secondary N) is 2. The van der Waals surface area contributed by atoms with Gasteiger partial charge in [-0.3, -0.25) is 4.79 Å². The van der Waals surface area contributed by atoms with E-state index in [1.54, 1.807) is 0 Å². The van der Waals surface area contributed by atoms with E-state index in [2.05, 4.69) is 24.5 Å².